The second-order valence-electron chi connectivity index (χ2n) is 4.69. The average Bonchev–Trinajstić information content (AvgIpc) is 2.63. The highest BCUT2D eigenvalue weighted by Gasteiger charge is 2.55. The zero-order valence-corrected chi connectivity index (χ0v) is 8.68. The van der Waals surface area contributed by atoms with Crippen LogP contribution in [0.3, 0.4) is 0 Å². The summed E-state index contributed by atoms with van der Waals surface area (Å²) < 4.78 is 7.56. The molecule has 3 nitrogen and oxygen atoms in total. The van der Waals surface area contributed by atoms with Crippen molar-refractivity contribution < 1.29 is 4.74 Å². The highest BCUT2D eigenvalue weighted by molar-refractivity contribution is 5.23. The van der Waals surface area contributed by atoms with Crippen LogP contribution in [0.4, 0.5) is 0 Å². The first-order chi connectivity index (χ1) is 6.79. The van der Waals surface area contributed by atoms with Crippen molar-refractivity contribution in [3.63, 3.8) is 0 Å². The molecular weight excluding hydrogens is 176 g/mol. The first-order valence-electron chi connectivity index (χ1n) is 5.40. The lowest BCUT2D eigenvalue weighted by Gasteiger charge is -2.12. The number of nitrogens with zero attached hydrogens (tertiary/aromatic N) is 2. The summed E-state index contributed by atoms with van der Waals surface area (Å²) in [5.41, 5.74) is 1.42. The van der Waals surface area contributed by atoms with Crippen LogP contribution in [0, 0.1) is 11.8 Å². The topological polar surface area (TPSA) is 27.1 Å². The fourth-order valence-electron chi connectivity index (χ4n) is 2.70. The Kier molecular flexibility index (Phi) is 1.71. The van der Waals surface area contributed by atoms with Gasteiger partial charge >= 0.3 is 0 Å². The molecule has 1 aliphatic carbocycles. The van der Waals surface area contributed by atoms with Crippen LogP contribution in [0.1, 0.15) is 31.5 Å². The molecule has 2 aliphatic rings. The molecule has 3 heteroatoms. The van der Waals surface area contributed by atoms with Crippen molar-refractivity contribution in [2.24, 2.45) is 11.8 Å². The maximum absolute atomic E-state index is 5.41. The van der Waals surface area contributed by atoms with Crippen molar-refractivity contribution in [3.8, 4) is 0 Å². The third kappa shape index (κ3) is 1.05. The van der Waals surface area contributed by atoms with Gasteiger partial charge in [0, 0.05) is 23.9 Å². The Morgan fingerprint density at radius 1 is 1.43 bits per heavy atom. The summed E-state index contributed by atoms with van der Waals surface area (Å²) in [5.74, 6) is 2.29. The number of fused-ring (bicyclic) bond motifs is 1. The van der Waals surface area contributed by atoms with Crippen molar-refractivity contribution in [2.45, 2.75) is 25.8 Å². The van der Waals surface area contributed by atoms with E-state index in [4.69, 9.17) is 4.74 Å². The Hall–Kier alpha value is -0.830. The third-order valence-electron chi connectivity index (χ3n) is 3.48. The molecule has 1 aromatic heterocycles. The predicted molar refractivity (Wildman–Crippen MR) is 53.2 cm³/mol. The molecule has 76 valence electrons. The van der Waals surface area contributed by atoms with Gasteiger partial charge in [-0.2, -0.15) is 5.10 Å². The maximum Gasteiger partial charge on any atom is 0.0504 e. The molecule has 2 atom stereocenters. The molecule has 0 radical (unpaired) electrons. The molecule has 1 aliphatic heterocycles. The van der Waals surface area contributed by atoms with Gasteiger partial charge in [0.15, 0.2) is 0 Å². The monoisotopic (exact) mass is 192 g/mol. The Morgan fingerprint density at radius 3 is 2.79 bits per heavy atom. The van der Waals surface area contributed by atoms with Gasteiger partial charge in [0.1, 0.15) is 0 Å². The van der Waals surface area contributed by atoms with Crippen LogP contribution in [0.5, 0.6) is 0 Å². The Morgan fingerprint density at radius 2 is 2.14 bits per heavy atom. The van der Waals surface area contributed by atoms with Gasteiger partial charge in [0.25, 0.3) is 0 Å². The Labute approximate surface area is 84.1 Å². The molecule has 1 aromatic rings. The normalized spacial score (nSPS) is 34.9. The molecule has 2 heterocycles. The van der Waals surface area contributed by atoms with E-state index in [2.05, 4.69) is 29.7 Å². The largest absolute Gasteiger partial charge is 0.381 e. The summed E-state index contributed by atoms with van der Waals surface area (Å²) in [6, 6.07) is 2.64. The third-order valence-corrected chi connectivity index (χ3v) is 3.48. The lowest BCUT2D eigenvalue weighted by molar-refractivity contribution is 0.159. The van der Waals surface area contributed by atoms with Crippen LogP contribution in [-0.2, 0) is 4.74 Å². The van der Waals surface area contributed by atoms with E-state index in [0.717, 1.165) is 31.0 Å². The number of aromatic nitrogens is 2. The Balaban J connectivity index is 1.87. The number of hydrogen-bond acceptors (Lipinski definition) is 2. The Bertz CT molecular complexity index is 335. The van der Waals surface area contributed by atoms with E-state index in [1.165, 1.54) is 5.69 Å². The number of hydrogen-bond donors (Lipinski definition) is 0. The van der Waals surface area contributed by atoms with Gasteiger partial charge < -0.3 is 4.74 Å². The molecule has 2 unspecified atom stereocenters. The summed E-state index contributed by atoms with van der Waals surface area (Å²) in [7, 11) is 0. The number of rotatable bonds is 2. The standard InChI is InChI=1S/C11H16N2O/c1-7(2)13-10(3-4-12-13)11-8-5-14-6-9(8)11/h3-4,7-9,11H,5-6H2,1-2H3. The van der Waals surface area contributed by atoms with Crippen molar-refractivity contribution in [3.05, 3.63) is 18.0 Å². The van der Waals surface area contributed by atoms with Crippen LogP contribution in [0.15, 0.2) is 12.3 Å². The second-order valence-corrected chi connectivity index (χ2v) is 4.69. The minimum absolute atomic E-state index is 0.474. The van der Waals surface area contributed by atoms with Crippen LogP contribution < -0.4 is 0 Å². The van der Waals surface area contributed by atoms with E-state index in [9.17, 15) is 0 Å². The van der Waals surface area contributed by atoms with Gasteiger partial charge in [-0.25, -0.2) is 0 Å². The van der Waals surface area contributed by atoms with Gasteiger partial charge in [-0.05, 0) is 31.7 Å². The van der Waals surface area contributed by atoms with Gasteiger partial charge in [0.2, 0.25) is 0 Å². The summed E-state index contributed by atoms with van der Waals surface area (Å²) in [6.07, 6.45) is 1.92. The summed E-state index contributed by atoms with van der Waals surface area (Å²) in [4.78, 5) is 0. The van der Waals surface area contributed by atoms with E-state index >= 15 is 0 Å². The van der Waals surface area contributed by atoms with Crippen molar-refractivity contribution in [1.82, 2.24) is 9.78 Å². The molecule has 2 fully saturated rings. The van der Waals surface area contributed by atoms with E-state index in [-0.39, 0.29) is 0 Å². The minimum Gasteiger partial charge on any atom is -0.381 e. The fraction of sp³-hybridized carbons (Fsp3) is 0.727. The van der Waals surface area contributed by atoms with Crippen LogP contribution >= 0.6 is 0 Å². The van der Waals surface area contributed by atoms with Crippen LogP contribution in [0.25, 0.3) is 0 Å². The molecule has 3 rings (SSSR count). The molecule has 1 saturated carbocycles. The SMILES string of the molecule is CC(C)n1nccc1C1C2COCC21. The molecule has 0 aromatic carbocycles. The lowest BCUT2D eigenvalue weighted by atomic mass is 10.2. The number of ether oxygens (including phenoxy) is 1. The fourth-order valence-corrected chi connectivity index (χ4v) is 2.70. The molecule has 0 amide bonds. The van der Waals surface area contributed by atoms with Gasteiger partial charge in [-0.15, -0.1) is 0 Å². The van der Waals surface area contributed by atoms with Crippen molar-refractivity contribution in [2.75, 3.05) is 13.2 Å². The molecule has 0 bridgehead atoms. The zero-order chi connectivity index (χ0) is 9.71. The molecule has 0 N–H and O–H groups in total. The molecule has 14 heavy (non-hydrogen) atoms. The van der Waals surface area contributed by atoms with Crippen molar-refractivity contribution >= 4 is 0 Å². The smallest absolute Gasteiger partial charge is 0.0504 e. The first-order valence-corrected chi connectivity index (χ1v) is 5.40. The van der Waals surface area contributed by atoms with Crippen LogP contribution in [0.2, 0.25) is 0 Å². The molecule has 0 spiro atoms. The highest BCUT2D eigenvalue weighted by Crippen LogP contribution is 2.57. The average molecular weight is 192 g/mol. The van der Waals surface area contributed by atoms with Crippen molar-refractivity contribution in [1.29, 1.82) is 0 Å². The summed E-state index contributed by atoms with van der Waals surface area (Å²) in [5, 5.41) is 4.38. The van der Waals surface area contributed by atoms with Gasteiger partial charge in [-0.3, -0.25) is 4.68 Å². The quantitative estimate of drug-likeness (QED) is 0.714. The predicted octanol–water partition coefficient (Wildman–Crippen LogP) is 1.82. The van der Waals surface area contributed by atoms with E-state index in [0.29, 0.717) is 6.04 Å². The second kappa shape index (κ2) is 2.83. The zero-order valence-electron chi connectivity index (χ0n) is 8.68. The summed E-state index contributed by atoms with van der Waals surface area (Å²) >= 11 is 0. The van der Waals surface area contributed by atoms with Gasteiger partial charge in [0.05, 0.1) is 13.2 Å². The first kappa shape index (κ1) is 8.48. The van der Waals surface area contributed by atoms with E-state index < -0.39 is 0 Å². The molecular formula is C11H16N2O. The van der Waals surface area contributed by atoms with Gasteiger partial charge in [-0.1, -0.05) is 0 Å². The van der Waals surface area contributed by atoms with Crippen LogP contribution in [-0.4, -0.2) is 23.0 Å². The van der Waals surface area contributed by atoms with E-state index in [1.807, 2.05) is 6.20 Å². The van der Waals surface area contributed by atoms with E-state index in [1.54, 1.807) is 0 Å². The highest BCUT2D eigenvalue weighted by atomic mass is 16.5. The lowest BCUT2D eigenvalue weighted by Crippen LogP contribution is -2.09. The molecule has 1 saturated heterocycles. The summed E-state index contributed by atoms with van der Waals surface area (Å²) in [6.45, 7) is 6.29. The minimum atomic E-state index is 0.474. The maximum atomic E-state index is 5.41.